The minimum absolute atomic E-state index is 1.23. The summed E-state index contributed by atoms with van der Waals surface area (Å²) in [5.41, 5.74) is 2.46. The van der Waals surface area contributed by atoms with E-state index in [1.807, 2.05) is 0 Å². The number of rotatable bonds is 4. The number of thiophene rings is 1. The van der Waals surface area contributed by atoms with Crippen LogP contribution >= 0.6 is 56.5 Å². The maximum atomic E-state index is 2.33. The first-order chi connectivity index (χ1) is 11.2. The van der Waals surface area contributed by atoms with Crippen molar-refractivity contribution in [3.8, 4) is 0 Å². The lowest BCUT2D eigenvalue weighted by molar-refractivity contribution is 1.61. The minimum atomic E-state index is 1.23. The summed E-state index contributed by atoms with van der Waals surface area (Å²) in [6.07, 6.45) is 8.67. The van der Waals surface area contributed by atoms with E-state index in [1.54, 1.807) is 11.3 Å². The molecular formula is C20H14I2S. The molecule has 0 aliphatic heterocycles. The van der Waals surface area contributed by atoms with Gasteiger partial charge >= 0.3 is 0 Å². The summed E-state index contributed by atoms with van der Waals surface area (Å²) in [6.45, 7) is 0. The van der Waals surface area contributed by atoms with E-state index < -0.39 is 0 Å². The number of hydrogen-bond acceptors (Lipinski definition) is 1. The molecule has 0 nitrogen and oxygen atoms in total. The van der Waals surface area contributed by atoms with Crippen LogP contribution in [0.25, 0.3) is 24.3 Å². The van der Waals surface area contributed by atoms with E-state index in [4.69, 9.17) is 0 Å². The molecule has 0 aliphatic rings. The summed E-state index contributed by atoms with van der Waals surface area (Å²) >= 11 is 6.45. The molecule has 0 atom stereocenters. The van der Waals surface area contributed by atoms with Crippen molar-refractivity contribution in [1.29, 1.82) is 0 Å². The van der Waals surface area contributed by atoms with Gasteiger partial charge in [-0.15, -0.1) is 11.3 Å². The fourth-order valence-corrected chi connectivity index (χ4v) is 3.59. The summed E-state index contributed by atoms with van der Waals surface area (Å²) in [5.74, 6) is 0. The largest absolute Gasteiger partial charge is 0.137 e. The summed E-state index contributed by atoms with van der Waals surface area (Å²) in [4.78, 5) is 2.54. The fourth-order valence-electron chi connectivity index (χ4n) is 2.05. The molecule has 114 valence electrons. The summed E-state index contributed by atoms with van der Waals surface area (Å²) < 4.78 is 2.53. The molecule has 1 heterocycles. The quantitative estimate of drug-likeness (QED) is 0.305. The van der Waals surface area contributed by atoms with Gasteiger partial charge in [0.05, 0.1) is 0 Å². The number of halogens is 2. The van der Waals surface area contributed by atoms with Crippen molar-refractivity contribution in [2.75, 3.05) is 0 Å². The molecule has 3 aromatic rings. The molecular weight excluding hydrogens is 526 g/mol. The van der Waals surface area contributed by atoms with Gasteiger partial charge < -0.3 is 0 Å². The van der Waals surface area contributed by atoms with E-state index in [1.165, 1.54) is 28.0 Å². The van der Waals surface area contributed by atoms with Gasteiger partial charge in [0.25, 0.3) is 0 Å². The van der Waals surface area contributed by atoms with Gasteiger partial charge in [0, 0.05) is 16.9 Å². The van der Waals surface area contributed by atoms with E-state index >= 15 is 0 Å². The van der Waals surface area contributed by atoms with Crippen LogP contribution in [0.4, 0.5) is 0 Å². The molecule has 0 amide bonds. The van der Waals surface area contributed by atoms with Crippen molar-refractivity contribution in [3.05, 3.63) is 88.7 Å². The van der Waals surface area contributed by atoms with Gasteiger partial charge in [-0.25, -0.2) is 0 Å². The van der Waals surface area contributed by atoms with E-state index in [9.17, 15) is 0 Å². The van der Waals surface area contributed by atoms with Crippen molar-refractivity contribution in [2.45, 2.75) is 0 Å². The number of hydrogen-bond donors (Lipinski definition) is 0. The van der Waals surface area contributed by atoms with E-state index in [0.717, 1.165) is 0 Å². The molecule has 0 unspecified atom stereocenters. The maximum absolute atomic E-state index is 2.33. The van der Waals surface area contributed by atoms with Crippen LogP contribution in [-0.4, -0.2) is 0 Å². The SMILES string of the molecule is Ic1ccc(/C=C/c2ccc(/C=C/c3ccc(I)cc3)s2)cc1. The van der Waals surface area contributed by atoms with E-state index in [0.29, 0.717) is 0 Å². The summed E-state index contributed by atoms with van der Waals surface area (Å²) in [6, 6.07) is 21.4. The Kier molecular flexibility index (Phi) is 6.08. The molecule has 1 aromatic heterocycles. The van der Waals surface area contributed by atoms with Gasteiger partial charge in [0.15, 0.2) is 0 Å². The van der Waals surface area contributed by atoms with Crippen molar-refractivity contribution in [3.63, 3.8) is 0 Å². The monoisotopic (exact) mass is 540 g/mol. The molecule has 23 heavy (non-hydrogen) atoms. The predicted molar refractivity (Wildman–Crippen MR) is 120 cm³/mol. The zero-order valence-corrected chi connectivity index (χ0v) is 17.4. The third kappa shape index (κ3) is 5.29. The van der Waals surface area contributed by atoms with Crippen molar-refractivity contribution < 1.29 is 0 Å². The molecule has 3 heteroatoms. The van der Waals surface area contributed by atoms with Crippen LogP contribution in [0.2, 0.25) is 0 Å². The lowest BCUT2D eigenvalue weighted by Crippen LogP contribution is -1.72. The second-order valence-electron chi connectivity index (χ2n) is 5.01. The summed E-state index contributed by atoms with van der Waals surface area (Å²) in [5, 5.41) is 0. The first-order valence-corrected chi connectivity index (χ1v) is 10.1. The Balaban J connectivity index is 1.68. The first-order valence-electron chi connectivity index (χ1n) is 7.16. The molecule has 0 N–H and O–H groups in total. The standard InChI is InChI=1S/C20H14I2S/c21-17-7-1-15(2-8-17)5-11-19-13-14-20(23-19)12-6-16-3-9-18(22)10-4-16/h1-14H/b11-5+,12-6+. The topological polar surface area (TPSA) is 0 Å². The molecule has 0 saturated heterocycles. The molecule has 0 aliphatic carbocycles. The van der Waals surface area contributed by atoms with Crippen LogP contribution in [0.3, 0.4) is 0 Å². The average molecular weight is 540 g/mol. The maximum Gasteiger partial charge on any atom is 0.0276 e. The Morgan fingerprint density at radius 3 is 1.30 bits per heavy atom. The van der Waals surface area contributed by atoms with Crippen LogP contribution in [0, 0.1) is 7.14 Å². The second-order valence-corrected chi connectivity index (χ2v) is 8.65. The Bertz CT molecular complexity index is 755. The fraction of sp³-hybridized carbons (Fsp3) is 0. The lowest BCUT2D eigenvalue weighted by Gasteiger charge is -1.93. The van der Waals surface area contributed by atoms with Crippen molar-refractivity contribution in [1.82, 2.24) is 0 Å². The average Bonchev–Trinajstić information content (AvgIpc) is 3.02. The van der Waals surface area contributed by atoms with Crippen LogP contribution in [-0.2, 0) is 0 Å². The zero-order chi connectivity index (χ0) is 16.1. The van der Waals surface area contributed by atoms with E-state index in [-0.39, 0.29) is 0 Å². The predicted octanol–water partition coefficient (Wildman–Crippen LogP) is 7.30. The van der Waals surface area contributed by atoms with Crippen molar-refractivity contribution >= 4 is 80.8 Å². The molecule has 0 bridgehead atoms. The minimum Gasteiger partial charge on any atom is -0.137 e. The molecule has 0 radical (unpaired) electrons. The molecule has 0 fully saturated rings. The van der Waals surface area contributed by atoms with Gasteiger partial charge in [-0.1, -0.05) is 36.4 Å². The van der Waals surface area contributed by atoms with E-state index in [2.05, 4.69) is 130 Å². The van der Waals surface area contributed by atoms with Crippen LogP contribution < -0.4 is 0 Å². The highest BCUT2D eigenvalue weighted by Gasteiger charge is 1.95. The second kappa shape index (κ2) is 8.26. The zero-order valence-electron chi connectivity index (χ0n) is 12.2. The normalized spacial score (nSPS) is 11.6. The highest BCUT2D eigenvalue weighted by molar-refractivity contribution is 14.1. The summed E-state index contributed by atoms with van der Waals surface area (Å²) in [7, 11) is 0. The molecule has 2 aromatic carbocycles. The Morgan fingerprint density at radius 2 is 0.913 bits per heavy atom. The molecule has 3 rings (SSSR count). The lowest BCUT2D eigenvalue weighted by atomic mass is 10.2. The Morgan fingerprint density at radius 1 is 0.522 bits per heavy atom. The van der Waals surface area contributed by atoms with Crippen LogP contribution in [0.1, 0.15) is 20.9 Å². The van der Waals surface area contributed by atoms with Gasteiger partial charge in [0.2, 0.25) is 0 Å². The van der Waals surface area contributed by atoms with Gasteiger partial charge in [-0.3, -0.25) is 0 Å². The highest BCUT2D eigenvalue weighted by Crippen LogP contribution is 2.22. The molecule has 0 spiro atoms. The third-order valence-electron chi connectivity index (χ3n) is 3.27. The van der Waals surface area contributed by atoms with Gasteiger partial charge in [0.1, 0.15) is 0 Å². The van der Waals surface area contributed by atoms with Crippen LogP contribution in [0.15, 0.2) is 60.7 Å². The Labute approximate surface area is 168 Å². The van der Waals surface area contributed by atoms with Gasteiger partial charge in [-0.05, 0) is 105 Å². The Hall–Kier alpha value is -0.920. The van der Waals surface area contributed by atoms with Gasteiger partial charge in [-0.2, -0.15) is 0 Å². The smallest absolute Gasteiger partial charge is 0.0276 e. The number of benzene rings is 2. The third-order valence-corrected chi connectivity index (χ3v) is 5.72. The highest BCUT2D eigenvalue weighted by atomic mass is 127. The first kappa shape index (κ1) is 16.9. The molecule has 0 saturated carbocycles. The van der Waals surface area contributed by atoms with Crippen LogP contribution in [0.5, 0.6) is 0 Å². The van der Waals surface area contributed by atoms with Crippen molar-refractivity contribution in [2.24, 2.45) is 0 Å².